The SMILES string of the molecule is C=C(OCC(C)C)C(C)(C)C. The highest BCUT2D eigenvalue weighted by Crippen LogP contribution is 2.24. The second-order valence-electron chi connectivity index (χ2n) is 4.38. The summed E-state index contributed by atoms with van der Waals surface area (Å²) in [6.07, 6.45) is 0. The maximum Gasteiger partial charge on any atom is 0.0941 e. The quantitative estimate of drug-likeness (QED) is 0.570. The average molecular weight is 156 g/mol. The van der Waals surface area contributed by atoms with Gasteiger partial charge in [0.1, 0.15) is 0 Å². The van der Waals surface area contributed by atoms with Crippen molar-refractivity contribution in [3.63, 3.8) is 0 Å². The standard InChI is InChI=1S/C10H20O/c1-8(2)7-11-9(3)10(4,5)6/h8H,3,7H2,1-2,4-6H3. The predicted molar refractivity (Wildman–Crippen MR) is 49.4 cm³/mol. The van der Waals surface area contributed by atoms with Crippen LogP contribution in [0.1, 0.15) is 34.6 Å². The third kappa shape index (κ3) is 4.88. The monoisotopic (exact) mass is 156 g/mol. The molecule has 0 fully saturated rings. The first-order chi connectivity index (χ1) is 4.84. The highest BCUT2D eigenvalue weighted by atomic mass is 16.5. The molecular formula is C10H20O. The Morgan fingerprint density at radius 1 is 1.36 bits per heavy atom. The number of rotatable bonds is 3. The summed E-state index contributed by atoms with van der Waals surface area (Å²) in [6.45, 7) is 15.2. The fourth-order valence-electron chi connectivity index (χ4n) is 0.484. The van der Waals surface area contributed by atoms with E-state index in [1.807, 2.05) is 0 Å². The van der Waals surface area contributed by atoms with Gasteiger partial charge in [-0.15, -0.1) is 0 Å². The molecule has 1 heteroatoms. The summed E-state index contributed by atoms with van der Waals surface area (Å²) in [5, 5.41) is 0. The van der Waals surface area contributed by atoms with Crippen LogP contribution in [0.15, 0.2) is 12.3 Å². The van der Waals surface area contributed by atoms with Gasteiger partial charge in [-0.2, -0.15) is 0 Å². The van der Waals surface area contributed by atoms with E-state index in [4.69, 9.17) is 4.74 Å². The zero-order valence-corrected chi connectivity index (χ0v) is 8.40. The molecule has 0 aliphatic heterocycles. The minimum Gasteiger partial charge on any atom is -0.498 e. The lowest BCUT2D eigenvalue weighted by atomic mass is 9.95. The lowest BCUT2D eigenvalue weighted by Gasteiger charge is -2.22. The highest BCUT2D eigenvalue weighted by Gasteiger charge is 2.16. The first-order valence-electron chi connectivity index (χ1n) is 4.16. The number of hydrogen-bond donors (Lipinski definition) is 0. The van der Waals surface area contributed by atoms with Gasteiger partial charge < -0.3 is 4.74 Å². The fraction of sp³-hybridized carbons (Fsp3) is 0.800. The van der Waals surface area contributed by atoms with Crippen molar-refractivity contribution in [1.82, 2.24) is 0 Å². The Labute approximate surface area is 70.4 Å². The molecule has 0 aliphatic carbocycles. The highest BCUT2D eigenvalue weighted by molar-refractivity contribution is 4.95. The molecule has 0 rings (SSSR count). The number of hydrogen-bond acceptors (Lipinski definition) is 1. The summed E-state index contributed by atoms with van der Waals surface area (Å²) < 4.78 is 5.47. The maximum absolute atomic E-state index is 5.47. The van der Waals surface area contributed by atoms with Gasteiger partial charge in [-0.3, -0.25) is 0 Å². The lowest BCUT2D eigenvalue weighted by molar-refractivity contribution is 0.130. The van der Waals surface area contributed by atoms with Gasteiger partial charge >= 0.3 is 0 Å². The van der Waals surface area contributed by atoms with E-state index in [2.05, 4.69) is 41.2 Å². The Morgan fingerprint density at radius 3 is 2.09 bits per heavy atom. The zero-order chi connectivity index (χ0) is 9.07. The summed E-state index contributed by atoms with van der Waals surface area (Å²) in [4.78, 5) is 0. The Morgan fingerprint density at radius 2 is 1.82 bits per heavy atom. The van der Waals surface area contributed by atoms with Crippen molar-refractivity contribution >= 4 is 0 Å². The molecule has 0 radical (unpaired) electrons. The largest absolute Gasteiger partial charge is 0.498 e. The molecule has 11 heavy (non-hydrogen) atoms. The van der Waals surface area contributed by atoms with Crippen LogP contribution < -0.4 is 0 Å². The molecule has 0 saturated heterocycles. The van der Waals surface area contributed by atoms with Crippen LogP contribution >= 0.6 is 0 Å². The van der Waals surface area contributed by atoms with Crippen LogP contribution in [-0.2, 0) is 4.74 Å². The van der Waals surface area contributed by atoms with E-state index in [9.17, 15) is 0 Å². The van der Waals surface area contributed by atoms with Gasteiger partial charge in [0.2, 0.25) is 0 Å². The van der Waals surface area contributed by atoms with Crippen molar-refractivity contribution in [1.29, 1.82) is 0 Å². The van der Waals surface area contributed by atoms with Crippen LogP contribution in [0.25, 0.3) is 0 Å². The predicted octanol–water partition coefficient (Wildman–Crippen LogP) is 3.22. The Hall–Kier alpha value is -0.460. The third-order valence-electron chi connectivity index (χ3n) is 1.43. The first kappa shape index (κ1) is 10.5. The van der Waals surface area contributed by atoms with Crippen LogP contribution in [0.4, 0.5) is 0 Å². The topological polar surface area (TPSA) is 9.23 Å². The minimum atomic E-state index is 0.0783. The van der Waals surface area contributed by atoms with Crippen LogP contribution in [0.2, 0.25) is 0 Å². The van der Waals surface area contributed by atoms with Crippen molar-refractivity contribution in [2.24, 2.45) is 11.3 Å². The van der Waals surface area contributed by atoms with E-state index in [1.165, 1.54) is 0 Å². The van der Waals surface area contributed by atoms with E-state index >= 15 is 0 Å². The Kier molecular flexibility index (Phi) is 3.64. The molecule has 0 aliphatic rings. The normalized spacial score (nSPS) is 11.8. The molecule has 0 unspecified atom stereocenters. The summed E-state index contributed by atoms with van der Waals surface area (Å²) >= 11 is 0. The van der Waals surface area contributed by atoms with Crippen molar-refractivity contribution in [3.05, 3.63) is 12.3 Å². The second-order valence-corrected chi connectivity index (χ2v) is 4.38. The van der Waals surface area contributed by atoms with Gasteiger partial charge in [0.15, 0.2) is 0 Å². The Bertz CT molecular complexity index is 128. The molecule has 0 aromatic heterocycles. The van der Waals surface area contributed by atoms with Crippen LogP contribution in [-0.4, -0.2) is 6.61 Å². The van der Waals surface area contributed by atoms with Crippen molar-refractivity contribution in [3.8, 4) is 0 Å². The molecule has 66 valence electrons. The van der Waals surface area contributed by atoms with Gasteiger partial charge in [0.25, 0.3) is 0 Å². The smallest absolute Gasteiger partial charge is 0.0941 e. The van der Waals surface area contributed by atoms with Crippen molar-refractivity contribution < 1.29 is 4.74 Å². The van der Waals surface area contributed by atoms with E-state index in [-0.39, 0.29) is 5.41 Å². The van der Waals surface area contributed by atoms with Crippen molar-refractivity contribution in [2.45, 2.75) is 34.6 Å². The summed E-state index contributed by atoms with van der Waals surface area (Å²) in [7, 11) is 0. The zero-order valence-electron chi connectivity index (χ0n) is 8.40. The van der Waals surface area contributed by atoms with Gasteiger partial charge in [-0.05, 0) is 5.92 Å². The van der Waals surface area contributed by atoms with Gasteiger partial charge in [-0.25, -0.2) is 0 Å². The van der Waals surface area contributed by atoms with E-state index in [1.54, 1.807) is 0 Å². The molecule has 0 atom stereocenters. The summed E-state index contributed by atoms with van der Waals surface area (Å²) in [5.41, 5.74) is 0.0783. The van der Waals surface area contributed by atoms with E-state index in [0.717, 1.165) is 12.4 Å². The summed E-state index contributed by atoms with van der Waals surface area (Å²) in [5.74, 6) is 1.46. The van der Waals surface area contributed by atoms with Crippen LogP contribution in [0.5, 0.6) is 0 Å². The molecule has 0 saturated carbocycles. The van der Waals surface area contributed by atoms with Gasteiger partial charge in [0, 0.05) is 5.41 Å². The molecule has 0 heterocycles. The van der Waals surface area contributed by atoms with Gasteiger partial charge in [-0.1, -0.05) is 41.2 Å². The molecule has 0 spiro atoms. The molecule has 0 aromatic rings. The van der Waals surface area contributed by atoms with Crippen molar-refractivity contribution in [2.75, 3.05) is 6.61 Å². The summed E-state index contributed by atoms with van der Waals surface area (Å²) in [6, 6.07) is 0. The van der Waals surface area contributed by atoms with Crippen LogP contribution in [0, 0.1) is 11.3 Å². The van der Waals surface area contributed by atoms with E-state index < -0.39 is 0 Å². The molecule has 0 bridgehead atoms. The lowest BCUT2D eigenvalue weighted by Crippen LogP contribution is -2.13. The van der Waals surface area contributed by atoms with Gasteiger partial charge in [0.05, 0.1) is 12.4 Å². The average Bonchev–Trinajstić information content (AvgIpc) is 1.80. The molecule has 0 amide bonds. The molecule has 0 N–H and O–H groups in total. The maximum atomic E-state index is 5.47. The first-order valence-corrected chi connectivity index (χ1v) is 4.16. The minimum absolute atomic E-state index is 0.0783. The molecular weight excluding hydrogens is 136 g/mol. The molecule has 1 nitrogen and oxygen atoms in total. The Balaban J connectivity index is 3.71. The van der Waals surface area contributed by atoms with Crippen LogP contribution in [0.3, 0.4) is 0 Å². The second kappa shape index (κ2) is 3.80. The third-order valence-corrected chi connectivity index (χ3v) is 1.43. The number of ether oxygens (including phenoxy) is 1. The fourth-order valence-corrected chi connectivity index (χ4v) is 0.484. The van der Waals surface area contributed by atoms with E-state index in [0.29, 0.717) is 5.92 Å². The molecule has 0 aromatic carbocycles. The number of allylic oxidation sites excluding steroid dienone is 1.